The molecule has 3 nitrogen and oxygen atoms in total. The molecule has 1 N–H and O–H groups in total. The largest absolute Gasteiger partial charge is 0.805 e. The van der Waals surface area contributed by atoms with E-state index in [1.54, 1.807) is 0 Å². The van der Waals surface area contributed by atoms with E-state index in [0.29, 0.717) is 8.20 Å². The SMILES string of the molecule is CC(P=C([O-])OCC1c2ccccc2-c2ccccc21)C(C)(O)C(c1ccccc1)(c1ccccc1)c1ccccc1. The predicted octanol–water partition coefficient (Wildman–Crippen LogP) is 7.38. The molecule has 1 aliphatic carbocycles. The molecule has 1 aliphatic rings. The molecule has 0 heterocycles. The zero-order valence-corrected chi connectivity index (χ0v) is 24.7. The number of ether oxygens (including phenoxy) is 1. The van der Waals surface area contributed by atoms with Gasteiger partial charge in [-0.05, 0) is 51.5 Å². The lowest BCUT2D eigenvalue weighted by Gasteiger charge is -2.49. The first-order valence-corrected chi connectivity index (χ1v) is 15.4. The van der Waals surface area contributed by atoms with Gasteiger partial charge in [0.2, 0.25) is 0 Å². The maximum absolute atomic E-state index is 13.5. The van der Waals surface area contributed by atoms with Crippen molar-refractivity contribution in [2.24, 2.45) is 0 Å². The molecule has 0 fully saturated rings. The third-order valence-corrected chi connectivity index (χ3v) is 10.1. The molecule has 0 aromatic heterocycles. The first kappa shape index (κ1) is 28.3. The molecule has 0 amide bonds. The Morgan fingerprint density at radius 1 is 0.690 bits per heavy atom. The normalized spacial score (nSPS) is 15.5. The highest BCUT2D eigenvalue weighted by atomic mass is 31.1. The molecule has 0 radical (unpaired) electrons. The standard InChI is InChI=1S/C38H35O3P/c1-27(42-36(39)41-26-35-33-24-14-12-22-31(33)32-23-13-15-25-34(32)35)37(2,40)38(28-16-6-3-7-17-28,29-18-8-4-9-19-29)30-20-10-5-11-21-30/h3-25,27,35,39-40H,26H2,1-2H3/p-1. The topological polar surface area (TPSA) is 52.5 Å². The Morgan fingerprint density at radius 3 is 1.50 bits per heavy atom. The van der Waals surface area contributed by atoms with Gasteiger partial charge >= 0.3 is 0 Å². The van der Waals surface area contributed by atoms with E-state index in [4.69, 9.17) is 4.74 Å². The third-order valence-electron chi connectivity index (χ3n) is 8.83. The molecular formula is C38H34O3P-. The number of hydrogen-bond acceptors (Lipinski definition) is 3. The molecule has 5 aromatic rings. The van der Waals surface area contributed by atoms with Crippen molar-refractivity contribution in [2.45, 2.75) is 36.4 Å². The van der Waals surface area contributed by atoms with Crippen LogP contribution in [0, 0.1) is 0 Å². The summed E-state index contributed by atoms with van der Waals surface area (Å²) in [4.78, 5) is 0. The van der Waals surface area contributed by atoms with Gasteiger partial charge in [0, 0.05) is 11.6 Å². The van der Waals surface area contributed by atoms with E-state index >= 15 is 0 Å². The summed E-state index contributed by atoms with van der Waals surface area (Å²) in [5.41, 5.74) is 4.52. The lowest BCUT2D eigenvalue weighted by atomic mass is 9.59. The highest BCUT2D eigenvalue weighted by Crippen LogP contribution is 2.51. The zero-order chi connectivity index (χ0) is 29.2. The van der Waals surface area contributed by atoms with Crippen molar-refractivity contribution in [2.75, 3.05) is 6.61 Å². The highest BCUT2D eigenvalue weighted by Gasteiger charge is 2.53. The second-order valence-electron chi connectivity index (χ2n) is 11.1. The average Bonchev–Trinajstić information content (AvgIpc) is 3.35. The molecule has 2 unspecified atom stereocenters. The number of hydrogen-bond donors (Lipinski definition) is 1. The second kappa shape index (κ2) is 11.8. The first-order chi connectivity index (χ1) is 20.4. The van der Waals surface area contributed by atoms with Crippen LogP contribution in [0.3, 0.4) is 0 Å². The van der Waals surface area contributed by atoms with Crippen LogP contribution in [0.1, 0.15) is 47.6 Å². The zero-order valence-electron chi connectivity index (χ0n) is 23.9. The minimum atomic E-state index is -1.37. The van der Waals surface area contributed by atoms with E-state index in [1.165, 1.54) is 22.3 Å². The quantitative estimate of drug-likeness (QED) is 0.149. The second-order valence-corrected chi connectivity index (χ2v) is 12.5. The number of rotatable bonds is 9. The van der Waals surface area contributed by atoms with Crippen molar-refractivity contribution < 1.29 is 14.9 Å². The molecule has 0 aliphatic heterocycles. The summed E-state index contributed by atoms with van der Waals surface area (Å²) < 4.78 is 5.97. The van der Waals surface area contributed by atoms with Gasteiger partial charge < -0.3 is 14.9 Å². The Bertz CT molecular complexity index is 1540. The molecule has 0 saturated carbocycles. The van der Waals surface area contributed by atoms with Crippen molar-refractivity contribution in [3.63, 3.8) is 0 Å². The Morgan fingerprint density at radius 2 is 1.07 bits per heavy atom. The van der Waals surface area contributed by atoms with Crippen LogP contribution in [0.5, 0.6) is 0 Å². The van der Waals surface area contributed by atoms with Crippen LogP contribution in [0.15, 0.2) is 140 Å². The van der Waals surface area contributed by atoms with E-state index in [2.05, 4.69) is 60.7 Å². The van der Waals surface area contributed by atoms with E-state index < -0.39 is 16.7 Å². The van der Waals surface area contributed by atoms with Gasteiger partial charge in [-0.1, -0.05) is 155 Å². The molecule has 4 heteroatoms. The monoisotopic (exact) mass is 569 g/mol. The van der Waals surface area contributed by atoms with Gasteiger partial charge in [-0.2, -0.15) is 0 Å². The number of aliphatic hydroxyl groups is 1. The summed E-state index contributed by atoms with van der Waals surface area (Å²) in [5.74, 6) is -0.00980. The predicted molar refractivity (Wildman–Crippen MR) is 171 cm³/mol. The van der Waals surface area contributed by atoms with Crippen LogP contribution in [0.4, 0.5) is 0 Å². The number of benzene rings is 5. The van der Waals surface area contributed by atoms with Gasteiger partial charge in [0.05, 0.1) is 17.6 Å². The first-order valence-electron chi connectivity index (χ1n) is 14.4. The fraction of sp³-hybridized carbons (Fsp3) is 0.184. The highest BCUT2D eigenvalue weighted by molar-refractivity contribution is 7.40. The van der Waals surface area contributed by atoms with Crippen LogP contribution in [0.2, 0.25) is 0 Å². The Balaban J connectivity index is 1.37. The maximum Gasteiger partial charge on any atom is 0.0897 e. The Labute approximate surface area is 249 Å². The van der Waals surface area contributed by atoms with Gasteiger partial charge in [-0.15, -0.1) is 0 Å². The fourth-order valence-corrected chi connectivity index (χ4v) is 7.58. The molecule has 5 aromatic carbocycles. The summed E-state index contributed by atoms with van der Waals surface area (Å²) in [6.07, 6.45) is 0. The van der Waals surface area contributed by atoms with Crippen LogP contribution >= 0.6 is 8.20 Å². The van der Waals surface area contributed by atoms with E-state index in [9.17, 15) is 10.2 Å². The summed E-state index contributed by atoms with van der Waals surface area (Å²) in [6.45, 7) is 4.05. The average molecular weight is 570 g/mol. The molecule has 0 bridgehead atoms. The summed E-state index contributed by atoms with van der Waals surface area (Å²) >= 11 is 0. The smallest absolute Gasteiger partial charge is 0.0897 e. The van der Waals surface area contributed by atoms with Crippen LogP contribution in [-0.2, 0) is 10.2 Å². The third kappa shape index (κ3) is 4.83. The lowest BCUT2D eigenvalue weighted by molar-refractivity contribution is -0.243. The molecular weight excluding hydrogens is 535 g/mol. The van der Waals surface area contributed by atoms with Crippen molar-refractivity contribution in [3.8, 4) is 11.1 Å². The minimum Gasteiger partial charge on any atom is -0.805 e. The van der Waals surface area contributed by atoms with Crippen molar-refractivity contribution >= 4 is 13.9 Å². The van der Waals surface area contributed by atoms with E-state index in [-0.39, 0.29) is 18.2 Å². The van der Waals surface area contributed by atoms with Gasteiger partial charge in [0.1, 0.15) is 0 Å². The fourth-order valence-electron chi connectivity index (χ4n) is 6.67. The van der Waals surface area contributed by atoms with Gasteiger partial charge in [-0.3, -0.25) is 0 Å². The summed E-state index contributed by atoms with van der Waals surface area (Å²) in [7, 11) is 0.404. The molecule has 0 spiro atoms. The Hall–Kier alpha value is -3.85. The van der Waals surface area contributed by atoms with Crippen LogP contribution in [-0.4, -0.2) is 28.6 Å². The molecule has 2 atom stereocenters. The summed E-state index contributed by atoms with van der Waals surface area (Å²) in [6, 6.07) is 47.0. The van der Waals surface area contributed by atoms with Crippen LogP contribution in [0.25, 0.3) is 11.1 Å². The maximum atomic E-state index is 13.5. The van der Waals surface area contributed by atoms with Crippen molar-refractivity contribution in [1.82, 2.24) is 0 Å². The summed E-state index contributed by atoms with van der Waals surface area (Å²) in [5, 5.41) is 26.2. The van der Waals surface area contributed by atoms with Crippen molar-refractivity contribution in [1.29, 1.82) is 0 Å². The molecule has 210 valence electrons. The molecule has 42 heavy (non-hydrogen) atoms. The molecule has 0 saturated heterocycles. The minimum absolute atomic E-state index is 0.00980. The van der Waals surface area contributed by atoms with Crippen LogP contribution < -0.4 is 5.11 Å². The van der Waals surface area contributed by atoms with Gasteiger partial charge in [0.25, 0.3) is 0 Å². The van der Waals surface area contributed by atoms with E-state index in [0.717, 1.165) is 16.7 Å². The number of fused-ring (bicyclic) bond motifs is 3. The Kier molecular flexibility index (Phi) is 7.94. The van der Waals surface area contributed by atoms with E-state index in [1.807, 2.05) is 92.7 Å². The lowest BCUT2D eigenvalue weighted by Crippen LogP contribution is -2.56. The van der Waals surface area contributed by atoms with Crippen molar-refractivity contribution in [3.05, 3.63) is 167 Å². The van der Waals surface area contributed by atoms with Gasteiger partial charge in [-0.25, -0.2) is 0 Å². The van der Waals surface area contributed by atoms with Gasteiger partial charge in [0.15, 0.2) is 0 Å². The molecule has 6 rings (SSSR count).